The van der Waals surface area contributed by atoms with Crippen molar-refractivity contribution in [1.29, 1.82) is 0 Å². The van der Waals surface area contributed by atoms with Crippen LogP contribution in [0, 0.1) is 5.92 Å². The molecule has 0 saturated carbocycles. The summed E-state index contributed by atoms with van der Waals surface area (Å²) in [5.74, 6) is 1.76. The smallest absolute Gasteiger partial charge is 0.241 e. The minimum Gasteiger partial charge on any atom is -0.476 e. The summed E-state index contributed by atoms with van der Waals surface area (Å²) < 4.78 is 5.61. The van der Waals surface area contributed by atoms with Crippen molar-refractivity contribution in [3.63, 3.8) is 0 Å². The van der Waals surface area contributed by atoms with Crippen LogP contribution in [0.4, 0.5) is 5.82 Å². The Bertz CT molecular complexity index is 742. The molecule has 6 heteroatoms. The van der Waals surface area contributed by atoms with Gasteiger partial charge in [-0.25, -0.2) is 0 Å². The molecule has 2 heterocycles. The summed E-state index contributed by atoms with van der Waals surface area (Å²) in [6.07, 6.45) is 3.84. The van der Waals surface area contributed by atoms with Crippen LogP contribution in [0.3, 0.4) is 0 Å². The number of unbranched alkanes of at least 4 members (excludes halogenated alkanes) is 1. The number of carbonyl (C=O) groups excluding carboxylic acids is 1. The van der Waals surface area contributed by atoms with Crippen LogP contribution >= 0.6 is 0 Å². The number of aromatic nitrogens is 2. The van der Waals surface area contributed by atoms with Gasteiger partial charge in [0.2, 0.25) is 11.8 Å². The standard InChI is InChI=1S/C20H28N4O2/c1-3-5-12-21-19(25)15-10-13-24(14-11-15)18-16-8-6-7-9-17(16)20(23-22-18)26-4-2/h6-9,15H,3-5,10-14H2,1-2H3,(H,21,25). The first kappa shape index (κ1) is 18.4. The van der Waals surface area contributed by atoms with Gasteiger partial charge in [0.1, 0.15) is 0 Å². The van der Waals surface area contributed by atoms with Gasteiger partial charge in [-0.15, -0.1) is 10.2 Å². The molecule has 1 saturated heterocycles. The molecule has 0 bridgehead atoms. The monoisotopic (exact) mass is 356 g/mol. The van der Waals surface area contributed by atoms with Crippen molar-refractivity contribution in [3.8, 4) is 5.88 Å². The maximum atomic E-state index is 12.3. The molecule has 6 nitrogen and oxygen atoms in total. The molecule has 0 spiro atoms. The van der Waals surface area contributed by atoms with Gasteiger partial charge < -0.3 is 15.0 Å². The van der Waals surface area contributed by atoms with E-state index in [1.54, 1.807) is 0 Å². The summed E-state index contributed by atoms with van der Waals surface area (Å²) in [6, 6.07) is 8.08. The van der Waals surface area contributed by atoms with Crippen LogP contribution in [0.2, 0.25) is 0 Å². The number of hydrogen-bond acceptors (Lipinski definition) is 5. The number of ether oxygens (including phenoxy) is 1. The number of rotatable bonds is 7. The van der Waals surface area contributed by atoms with Crippen molar-refractivity contribution < 1.29 is 9.53 Å². The van der Waals surface area contributed by atoms with E-state index in [-0.39, 0.29) is 11.8 Å². The maximum Gasteiger partial charge on any atom is 0.241 e. The molecule has 1 fully saturated rings. The molecule has 1 N–H and O–H groups in total. The molecule has 1 aromatic heterocycles. The van der Waals surface area contributed by atoms with Gasteiger partial charge in [-0.2, -0.15) is 0 Å². The van der Waals surface area contributed by atoms with Gasteiger partial charge in [0.15, 0.2) is 5.82 Å². The minimum absolute atomic E-state index is 0.102. The third kappa shape index (κ3) is 4.06. The topological polar surface area (TPSA) is 67.4 Å². The lowest BCUT2D eigenvalue weighted by Gasteiger charge is -2.32. The average Bonchev–Trinajstić information content (AvgIpc) is 2.69. The van der Waals surface area contributed by atoms with Crippen molar-refractivity contribution in [2.45, 2.75) is 39.5 Å². The second kappa shape index (κ2) is 8.83. The van der Waals surface area contributed by atoms with Crippen LogP contribution < -0.4 is 15.0 Å². The van der Waals surface area contributed by atoms with Gasteiger partial charge in [-0.05, 0) is 32.3 Å². The highest BCUT2D eigenvalue weighted by atomic mass is 16.5. The minimum atomic E-state index is 0.102. The van der Waals surface area contributed by atoms with Crippen molar-refractivity contribution in [2.24, 2.45) is 5.92 Å². The molecule has 0 atom stereocenters. The van der Waals surface area contributed by atoms with Gasteiger partial charge in [0.25, 0.3) is 0 Å². The molecule has 26 heavy (non-hydrogen) atoms. The summed E-state index contributed by atoms with van der Waals surface area (Å²) in [6.45, 7) is 7.06. The lowest BCUT2D eigenvalue weighted by molar-refractivity contribution is -0.125. The molecule has 2 aromatic rings. The zero-order valence-electron chi connectivity index (χ0n) is 15.7. The first-order chi connectivity index (χ1) is 12.7. The van der Waals surface area contributed by atoms with E-state index in [9.17, 15) is 4.79 Å². The number of carbonyl (C=O) groups is 1. The first-order valence-electron chi connectivity index (χ1n) is 9.65. The zero-order valence-corrected chi connectivity index (χ0v) is 15.7. The molecule has 1 aromatic carbocycles. The highest BCUT2D eigenvalue weighted by Gasteiger charge is 2.26. The van der Waals surface area contributed by atoms with Gasteiger partial charge in [-0.3, -0.25) is 4.79 Å². The van der Waals surface area contributed by atoms with E-state index in [4.69, 9.17) is 4.74 Å². The highest BCUT2D eigenvalue weighted by molar-refractivity contribution is 5.95. The molecule has 3 rings (SSSR count). The van der Waals surface area contributed by atoms with Gasteiger partial charge in [0, 0.05) is 36.3 Å². The number of nitrogens with zero attached hydrogens (tertiary/aromatic N) is 3. The normalized spacial score (nSPS) is 15.2. The van der Waals surface area contributed by atoms with E-state index in [0.29, 0.717) is 12.5 Å². The van der Waals surface area contributed by atoms with Crippen molar-refractivity contribution >= 4 is 22.5 Å². The van der Waals surface area contributed by atoms with E-state index in [1.165, 1.54) is 0 Å². The fraction of sp³-hybridized carbons (Fsp3) is 0.550. The molecular formula is C20H28N4O2. The first-order valence-corrected chi connectivity index (χ1v) is 9.65. The molecule has 0 unspecified atom stereocenters. The van der Waals surface area contributed by atoms with Crippen LogP contribution in [-0.2, 0) is 4.79 Å². The Morgan fingerprint density at radius 2 is 1.92 bits per heavy atom. The Labute approximate surface area is 154 Å². The second-order valence-electron chi connectivity index (χ2n) is 6.71. The number of anilines is 1. The van der Waals surface area contributed by atoms with Crippen LogP contribution in [0.25, 0.3) is 10.8 Å². The van der Waals surface area contributed by atoms with E-state index < -0.39 is 0 Å². The van der Waals surface area contributed by atoms with Crippen molar-refractivity contribution in [3.05, 3.63) is 24.3 Å². The summed E-state index contributed by atoms with van der Waals surface area (Å²) in [7, 11) is 0. The predicted octanol–water partition coefficient (Wildman–Crippen LogP) is 3.16. The molecule has 140 valence electrons. The third-order valence-electron chi connectivity index (χ3n) is 4.91. The fourth-order valence-corrected chi connectivity index (χ4v) is 3.43. The lowest BCUT2D eigenvalue weighted by atomic mass is 9.95. The van der Waals surface area contributed by atoms with Crippen LogP contribution in [0.15, 0.2) is 24.3 Å². The number of nitrogens with one attached hydrogen (secondary N) is 1. The van der Waals surface area contributed by atoms with E-state index in [1.807, 2.05) is 25.1 Å². The SMILES string of the molecule is CCCCNC(=O)C1CCN(c2nnc(OCC)c3ccccc23)CC1. The molecule has 1 aliphatic heterocycles. The molecular weight excluding hydrogens is 328 g/mol. The predicted molar refractivity (Wildman–Crippen MR) is 104 cm³/mol. The Kier molecular flexibility index (Phi) is 6.26. The van der Waals surface area contributed by atoms with E-state index >= 15 is 0 Å². The number of benzene rings is 1. The molecule has 0 aliphatic carbocycles. The zero-order chi connectivity index (χ0) is 18.4. The molecule has 0 radical (unpaired) electrons. The van der Waals surface area contributed by atoms with Crippen LogP contribution in [-0.4, -0.2) is 42.3 Å². The second-order valence-corrected chi connectivity index (χ2v) is 6.71. The number of amides is 1. The Balaban J connectivity index is 1.70. The van der Waals surface area contributed by atoms with E-state index in [2.05, 4.69) is 33.4 Å². The summed E-state index contributed by atoms with van der Waals surface area (Å²) >= 11 is 0. The van der Waals surface area contributed by atoms with Gasteiger partial charge in [-0.1, -0.05) is 31.5 Å². The summed E-state index contributed by atoms with van der Waals surface area (Å²) in [5.41, 5.74) is 0. The van der Waals surface area contributed by atoms with Crippen LogP contribution in [0.1, 0.15) is 39.5 Å². The lowest BCUT2D eigenvalue weighted by Crippen LogP contribution is -2.41. The third-order valence-corrected chi connectivity index (χ3v) is 4.91. The maximum absolute atomic E-state index is 12.3. The Hall–Kier alpha value is -2.37. The molecule has 1 aliphatic rings. The Morgan fingerprint density at radius 3 is 2.62 bits per heavy atom. The summed E-state index contributed by atoms with van der Waals surface area (Å²) in [5, 5.41) is 13.8. The quantitative estimate of drug-likeness (QED) is 0.772. The Morgan fingerprint density at radius 1 is 1.19 bits per heavy atom. The number of piperidine rings is 1. The van der Waals surface area contributed by atoms with Crippen LogP contribution in [0.5, 0.6) is 5.88 Å². The number of hydrogen-bond donors (Lipinski definition) is 1. The van der Waals surface area contributed by atoms with Gasteiger partial charge >= 0.3 is 0 Å². The molecule has 1 amide bonds. The fourth-order valence-electron chi connectivity index (χ4n) is 3.43. The highest BCUT2D eigenvalue weighted by Crippen LogP contribution is 2.31. The van der Waals surface area contributed by atoms with E-state index in [0.717, 1.165) is 61.9 Å². The van der Waals surface area contributed by atoms with Crippen molar-refractivity contribution in [1.82, 2.24) is 15.5 Å². The van der Waals surface area contributed by atoms with Crippen molar-refractivity contribution in [2.75, 3.05) is 31.1 Å². The largest absolute Gasteiger partial charge is 0.476 e. The van der Waals surface area contributed by atoms with Gasteiger partial charge in [0.05, 0.1) is 6.61 Å². The summed E-state index contributed by atoms with van der Waals surface area (Å²) in [4.78, 5) is 14.5. The average molecular weight is 356 g/mol. The number of fused-ring (bicyclic) bond motifs is 1.